The lowest BCUT2D eigenvalue weighted by atomic mass is 9.69. The third-order valence-corrected chi connectivity index (χ3v) is 4.78. The van der Waals surface area contributed by atoms with Crippen molar-refractivity contribution in [2.75, 3.05) is 6.54 Å². The highest BCUT2D eigenvalue weighted by molar-refractivity contribution is 7.98. The molecule has 4 nitrogen and oxygen atoms in total. The third kappa shape index (κ3) is 2.58. The molecule has 0 spiro atoms. The van der Waals surface area contributed by atoms with E-state index in [1.165, 1.54) is 23.9 Å². The summed E-state index contributed by atoms with van der Waals surface area (Å²) in [5, 5.41) is 3.99. The van der Waals surface area contributed by atoms with Crippen molar-refractivity contribution in [3.8, 4) is 0 Å². The molecule has 2 N–H and O–H groups in total. The Labute approximate surface area is 120 Å². The lowest BCUT2D eigenvalue weighted by Gasteiger charge is -2.36. The van der Waals surface area contributed by atoms with Crippen molar-refractivity contribution in [3.63, 3.8) is 0 Å². The molecule has 1 heterocycles. The summed E-state index contributed by atoms with van der Waals surface area (Å²) in [7, 11) is 0. The molecule has 1 aliphatic carbocycles. The predicted octanol–water partition coefficient (Wildman–Crippen LogP) is 2.88. The minimum Gasteiger partial charge on any atom is -0.339 e. The van der Waals surface area contributed by atoms with Crippen molar-refractivity contribution in [3.05, 3.63) is 41.8 Å². The molecule has 6 heteroatoms. The predicted molar refractivity (Wildman–Crippen MR) is 74.8 cm³/mol. The van der Waals surface area contributed by atoms with Crippen LogP contribution in [0.4, 0.5) is 4.39 Å². The van der Waals surface area contributed by atoms with Crippen LogP contribution in [-0.2, 0) is 11.2 Å². The van der Waals surface area contributed by atoms with Gasteiger partial charge in [0.2, 0.25) is 5.89 Å². The topological polar surface area (TPSA) is 64.9 Å². The molecular weight excluding hydrogens is 277 g/mol. The lowest BCUT2D eigenvalue weighted by molar-refractivity contribution is 0.181. The standard InChI is InChI=1S/C14H16FN3OS/c15-10-3-1-4-11(7-10)20-8-12-17-13(19-18-12)14(9-16)5-2-6-14/h1,3-4,7H,2,5-6,8-9,16H2. The summed E-state index contributed by atoms with van der Waals surface area (Å²) in [6.45, 7) is 0.547. The highest BCUT2D eigenvalue weighted by atomic mass is 32.2. The number of hydrogen-bond donors (Lipinski definition) is 1. The van der Waals surface area contributed by atoms with Crippen LogP contribution in [-0.4, -0.2) is 16.7 Å². The number of aromatic nitrogens is 2. The minimum absolute atomic E-state index is 0.102. The zero-order valence-corrected chi connectivity index (χ0v) is 11.8. The fourth-order valence-electron chi connectivity index (χ4n) is 2.34. The van der Waals surface area contributed by atoms with Crippen LogP contribution in [0.25, 0.3) is 0 Å². The van der Waals surface area contributed by atoms with Crippen LogP contribution in [0.5, 0.6) is 0 Å². The summed E-state index contributed by atoms with van der Waals surface area (Å²) in [5.41, 5.74) is 5.71. The molecule has 2 aromatic rings. The van der Waals surface area contributed by atoms with Gasteiger partial charge in [0.1, 0.15) is 5.82 Å². The second-order valence-corrected chi connectivity index (χ2v) is 6.15. The van der Waals surface area contributed by atoms with Crippen LogP contribution in [0.1, 0.15) is 31.0 Å². The smallest absolute Gasteiger partial charge is 0.234 e. The summed E-state index contributed by atoms with van der Waals surface area (Å²) in [6, 6.07) is 6.48. The van der Waals surface area contributed by atoms with Gasteiger partial charge in [0.25, 0.3) is 0 Å². The van der Waals surface area contributed by atoms with E-state index in [0.717, 1.165) is 24.2 Å². The molecule has 1 saturated carbocycles. The van der Waals surface area contributed by atoms with Crippen LogP contribution < -0.4 is 5.73 Å². The van der Waals surface area contributed by atoms with Crippen LogP contribution in [0, 0.1) is 5.82 Å². The average Bonchev–Trinajstić information content (AvgIpc) is 2.85. The molecule has 1 aromatic heterocycles. The zero-order valence-electron chi connectivity index (χ0n) is 11.0. The Kier molecular flexibility index (Phi) is 3.76. The summed E-state index contributed by atoms with van der Waals surface area (Å²) < 4.78 is 18.4. The molecule has 0 atom stereocenters. The Morgan fingerprint density at radius 1 is 1.40 bits per heavy atom. The number of hydrogen-bond acceptors (Lipinski definition) is 5. The maximum Gasteiger partial charge on any atom is 0.234 e. The molecule has 3 rings (SSSR count). The fraction of sp³-hybridized carbons (Fsp3) is 0.429. The maximum atomic E-state index is 13.1. The minimum atomic E-state index is -0.236. The second-order valence-electron chi connectivity index (χ2n) is 5.10. The van der Waals surface area contributed by atoms with Crippen LogP contribution in [0.3, 0.4) is 0 Å². The molecule has 0 bridgehead atoms. The summed E-state index contributed by atoms with van der Waals surface area (Å²) in [4.78, 5) is 5.30. The second kappa shape index (κ2) is 5.54. The van der Waals surface area contributed by atoms with E-state index >= 15 is 0 Å². The Morgan fingerprint density at radius 2 is 2.25 bits per heavy atom. The molecule has 1 fully saturated rings. The number of halogens is 1. The van der Waals surface area contributed by atoms with Crippen molar-refractivity contribution in [2.24, 2.45) is 5.73 Å². The highest BCUT2D eigenvalue weighted by Gasteiger charge is 2.42. The Bertz CT molecular complexity index is 592. The molecule has 0 radical (unpaired) electrons. The first kappa shape index (κ1) is 13.6. The highest BCUT2D eigenvalue weighted by Crippen LogP contribution is 2.42. The summed E-state index contributed by atoms with van der Waals surface area (Å²) in [5.74, 6) is 1.61. The first-order valence-electron chi connectivity index (χ1n) is 6.63. The molecule has 0 unspecified atom stereocenters. The van der Waals surface area contributed by atoms with Crippen LogP contribution in [0.15, 0.2) is 33.7 Å². The van der Waals surface area contributed by atoms with Crippen molar-refractivity contribution in [2.45, 2.75) is 35.3 Å². The number of rotatable bonds is 5. The maximum absolute atomic E-state index is 13.1. The van der Waals surface area contributed by atoms with Gasteiger partial charge in [-0.15, -0.1) is 11.8 Å². The van der Waals surface area contributed by atoms with E-state index in [9.17, 15) is 4.39 Å². The van der Waals surface area contributed by atoms with E-state index in [1.807, 2.05) is 6.07 Å². The van der Waals surface area contributed by atoms with E-state index in [4.69, 9.17) is 10.3 Å². The molecule has 0 aliphatic heterocycles. The van der Waals surface area contributed by atoms with Crippen LogP contribution >= 0.6 is 11.8 Å². The molecule has 0 amide bonds. The van der Waals surface area contributed by atoms with Gasteiger partial charge in [0, 0.05) is 11.4 Å². The van der Waals surface area contributed by atoms with Gasteiger partial charge in [-0.3, -0.25) is 0 Å². The van der Waals surface area contributed by atoms with E-state index in [2.05, 4.69) is 10.1 Å². The largest absolute Gasteiger partial charge is 0.339 e. The number of thioether (sulfide) groups is 1. The third-order valence-electron chi connectivity index (χ3n) is 3.79. The Morgan fingerprint density at radius 3 is 2.90 bits per heavy atom. The lowest BCUT2D eigenvalue weighted by Crippen LogP contribution is -2.41. The quantitative estimate of drug-likeness (QED) is 0.859. The normalized spacial score (nSPS) is 16.9. The van der Waals surface area contributed by atoms with Crippen molar-refractivity contribution in [1.82, 2.24) is 10.1 Å². The van der Waals surface area contributed by atoms with Crippen LogP contribution in [0.2, 0.25) is 0 Å². The van der Waals surface area contributed by atoms with Crippen molar-refractivity contribution < 1.29 is 8.91 Å². The number of benzene rings is 1. The van der Waals surface area contributed by atoms with Crippen molar-refractivity contribution in [1.29, 1.82) is 0 Å². The summed E-state index contributed by atoms with van der Waals surface area (Å²) in [6.07, 6.45) is 3.19. The van der Waals surface area contributed by atoms with Gasteiger partial charge < -0.3 is 10.3 Å². The van der Waals surface area contributed by atoms with Gasteiger partial charge in [0.15, 0.2) is 5.82 Å². The molecule has 1 aliphatic rings. The van der Waals surface area contributed by atoms with Gasteiger partial charge in [-0.05, 0) is 31.0 Å². The van der Waals surface area contributed by atoms with Gasteiger partial charge in [-0.25, -0.2) is 4.39 Å². The van der Waals surface area contributed by atoms with E-state index < -0.39 is 0 Å². The average molecular weight is 293 g/mol. The van der Waals surface area contributed by atoms with Gasteiger partial charge in [-0.2, -0.15) is 4.98 Å². The monoisotopic (exact) mass is 293 g/mol. The van der Waals surface area contributed by atoms with Gasteiger partial charge in [0.05, 0.1) is 11.2 Å². The first-order valence-corrected chi connectivity index (χ1v) is 7.62. The SMILES string of the molecule is NCC1(c2nc(CSc3cccc(F)c3)no2)CCC1. The molecule has 20 heavy (non-hydrogen) atoms. The van der Waals surface area contributed by atoms with Gasteiger partial charge >= 0.3 is 0 Å². The molecular formula is C14H16FN3OS. The Hall–Kier alpha value is -1.40. The number of nitrogens with zero attached hydrogens (tertiary/aromatic N) is 2. The van der Waals surface area contributed by atoms with E-state index in [1.54, 1.807) is 6.07 Å². The molecule has 1 aromatic carbocycles. The molecule has 106 valence electrons. The number of nitrogens with two attached hydrogens (primary N) is 1. The Balaban J connectivity index is 1.66. The van der Waals surface area contributed by atoms with E-state index in [-0.39, 0.29) is 11.2 Å². The first-order chi connectivity index (χ1) is 9.72. The zero-order chi connectivity index (χ0) is 14.0. The van der Waals surface area contributed by atoms with Crippen molar-refractivity contribution >= 4 is 11.8 Å². The molecule has 0 saturated heterocycles. The van der Waals surface area contributed by atoms with Gasteiger partial charge in [-0.1, -0.05) is 17.6 Å². The van der Waals surface area contributed by atoms with E-state index in [0.29, 0.717) is 24.0 Å². The summed E-state index contributed by atoms with van der Waals surface area (Å²) >= 11 is 1.49. The fourth-order valence-corrected chi connectivity index (χ4v) is 3.13.